The van der Waals surface area contributed by atoms with Crippen molar-refractivity contribution >= 4 is 23.6 Å². The number of benzene rings is 2. The highest BCUT2D eigenvalue weighted by atomic mass is 16.5. The summed E-state index contributed by atoms with van der Waals surface area (Å²) in [7, 11) is 1.59. The number of fused-ring (bicyclic) bond motifs is 1. The number of anilines is 1. The van der Waals surface area contributed by atoms with Gasteiger partial charge in [-0.1, -0.05) is 18.2 Å². The Morgan fingerprint density at radius 2 is 1.96 bits per heavy atom. The number of methoxy groups -OCH3 is 1. The van der Waals surface area contributed by atoms with E-state index in [9.17, 15) is 9.59 Å². The first-order chi connectivity index (χ1) is 13.2. The maximum atomic E-state index is 13.0. The van der Waals surface area contributed by atoms with Crippen molar-refractivity contribution in [3.63, 3.8) is 0 Å². The number of ether oxygens (including phenoxy) is 2. The Labute approximate surface area is 157 Å². The molecule has 0 saturated carbocycles. The zero-order chi connectivity index (χ0) is 18.8. The van der Waals surface area contributed by atoms with Gasteiger partial charge in [-0.05, 0) is 42.0 Å². The van der Waals surface area contributed by atoms with Crippen molar-refractivity contribution < 1.29 is 19.1 Å². The van der Waals surface area contributed by atoms with Crippen molar-refractivity contribution in [3.05, 3.63) is 59.7 Å². The first-order valence-electron chi connectivity index (χ1n) is 8.82. The summed E-state index contributed by atoms with van der Waals surface area (Å²) in [5.41, 5.74) is 2.33. The van der Waals surface area contributed by atoms with Crippen molar-refractivity contribution in [2.75, 3.05) is 25.6 Å². The molecule has 0 aliphatic carbocycles. The van der Waals surface area contributed by atoms with Crippen LogP contribution in [0.5, 0.6) is 11.5 Å². The Kier molecular flexibility index (Phi) is 4.54. The molecule has 0 aromatic heterocycles. The Morgan fingerprint density at radius 1 is 1.19 bits per heavy atom. The molecular weight excluding hydrogens is 344 g/mol. The van der Waals surface area contributed by atoms with E-state index in [4.69, 9.17) is 9.47 Å². The molecule has 1 saturated heterocycles. The van der Waals surface area contributed by atoms with Crippen molar-refractivity contribution in [2.45, 2.75) is 12.5 Å². The van der Waals surface area contributed by atoms with Gasteiger partial charge in [0.05, 0.1) is 7.11 Å². The fourth-order valence-corrected chi connectivity index (χ4v) is 3.29. The third-order valence-corrected chi connectivity index (χ3v) is 4.81. The predicted octanol–water partition coefficient (Wildman–Crippen LogP) is 2.71. The van der Waals surface area contributed by atoms with Gasteiger partial charge < -0.3 is 19.7 Å². The standard InChI is InChI=1S/C21H20N2O4/c1-26-17-8-6-16(7-9-17)22-21(25)20(23-11-10-19(23)24)15-12-14-4-2-3-5-18(14)27-13-15/h2-9,12,20H,10-11,13H2,1H3,(H,22,25). The maximum absolute atomic E-state index is 13.0. The quantitative estimate of drug-likeness (QED) is 0.829. The first kappa shape index (κ1) is 17.1. The maximum Gasteiger partial charge on any atom is 0.251 e. The largest absolute Gasteiger partial charge is 0.497 e. The van der Waals surface area contributed by atoms with E-state index in [-0.39, 0.29) is 18.4 Å². The highest BCUT2D eigenvalue weighted by Crippen LogP contribution is 2.30. The summed E-state index contributed by atoms with van der Waals surface area (Å²) in [6.45, 7) is 0.847. The number of para-hydroxylation sites is 1. The lowest BCUT2D eigenvalue weighted by molar-refractivity contribution is -0.145. The molecule has 1 atom stereocenters. The van der Waals surface area contributed by atoms with Crippen LogP contribution in [0.2, 0.25) is 0 Å². The zero-order valence-electron chi connectivity index (χ0n) is 15.0. The van der Waals surface area contributed by atoms with Crippen LogP contribution in [-0.2, 0) is 9.59 Å². The third kappa shape index (κ3) is 3.38. The topological polar surface area (TPSA) is 67.9 Å². The van der Waals surface area contributed by atoms with Gasteiger partial charge in [0.25, 0.3) is 5.91 Å². The summed E-state index contributed by atoms with van der Waals surface area (Å²) in [5, 5.41) is 2.90. The van der Waals surface area contributed by atoms with E-state index in [1.54, 1.807) is 36.3 Å². The van der Waals surface area contributed by atoms with Crippen molar-refractivity contribution in [2.24, 2.45) is 0 Å². The molecule has 0 radical (unpaired) electrons. The number of likely N-dealkylation sites (tertiary alicyclic amines) is 1. The van der Waals surface area contributed by atoms with Gasteiger partial charge in [-0.25, -0.2) is 0 Å². The summed E-state index contributed by atoms with van der Waals surface area (Å²) in [4.78, 5) is 26.7. The van der Waals surface area contributed by atoms with Gasteiger partial charge >= 0.3 is 0 Å². The van der Waals surface area contributed by atoms with E-state index in [0.29, 0.717) is 24.4 Å². The van der Waals surface area contributed by atoms with Gasteiger partial charge in [0, 0.05) is 24.2 Å². The van der Waals surface area contributed by atoms with Crippen LogP contribution in [0.4, 0.5) is 5.69 Å². The zero-order valence-corrected chi connectivity index (χ0v) is 15.0. The normalized spacial score (nSPS) is 16.4. The number of nitrogens with one attached hydrogen (secondary N) is 1. The minimum absolute atomic E-state index is 0.0235. The van der Waals surface area contributed by atoms with Gasteiger partial charge in [0.1, 0.15) is 24.1 Å². The van der Waals surface area contributed by atoms with E-state index in [2.05, 4.69) is 5.32 Å². The predicted molar refractivity (Wildman–Crippen MR) is 102 cm³/mol. The molecule has 0 bridgehead atoms. The molecule has 4 rings (SSSR count). The lowest BCUT2D eigenvalue weighted by Gasteiger charge is -2.39. The second kappa shape index (κ2) is 7.15. The van der Waals surface area contributed by atoms with Crippen LogP contribution in [0, 0.1) is 0 Å². The van der Waals surface area contributed by atoms with E-state index in [1.807, 2.05) is 30.3 Å². The number of amides is 2. The van der Waals surface area contributed by atoms with Gasteiger partial charge in [0.2, 0.25) is 5.91 Å². The van der Waals surface area contributed by atoms with Crippen LogP contribution in [0.15, 0.2) is 54.1 Å². The summed E-state index contributed by atoms with van der Waals surface area (Å²) in [6, 6.07) is 14.1. The van der Waals surface area contributed by atoms with Crippen molar-refractivity contribution in [1.29, 1.82) is 0 Å². The molecular formula is C21H20N2O4. The molecule has 1 fully saturated rings. The SMILES string of the molecule is COc1ccc(NC(=O)C(C2=Cc3ccccc3OC2)N2CCC2=O)cc1. The number of carbonyl (C=O) groups excluding carboxylic acids is 2. The summed E-state index contributed by atoms with van der Waals surface area (Å²) >= 11 is 0. The molecule has 2 aromatic carbocycles. The van der Waals surface area contributed by atoms with Gasteiger partial charge in [-0.15, -0.1) is 0 Å². The molecule has 1 N–H and O–H groups in total. The molecule has 2 amide bonds. The van der Waals surface area contributed by atoms with Crippen molar-refractivity contribution in [3.8, 4) is 11.5 Å². The monoisotopic (exact) mass is 364 g/mol. The molecule has 2 aliphatic heterocycles. The number of carbonyl (C=O) groups is 2. The van der Waals surface area contributed by atoms with Crippen LogP contribution >= 0.6 is 0 Å². The molecule has 0 spiro atoms. The highest BCUT2D eigenvalue weighted by molar-refractivity contribution is 6.01. The third-order valence-electron chi connectivity index (χ3n) is 4.81. The molecule has 6 nitrogen and oxygen atoms in total. The summed E-state index contributed by atoms with van der Waals surface area (Å²) in [5.74, 6) is 1.22. The van der Waals surface area contributed by atoms with Crippen LogP contribution in [0.3, 0.4) is 0 Å². The Morgan fingerprint density at radius 3 is 2.63 bits per heavy atom. The van der Waals surface area contributed by atoms with Crippen molar-refractivity contribution in [1.82, 2.24) is 4.90 Å². The van der Waals surface area contributed by atoms with Crippen LogP contribution in [0.25, 0.3) is 6.08 Å². The summed E-state index contributed by atoms with van der Waals surface area (Å²) < 4.78 is 10.9. The molecule has 27 heavy (non-hydrogen) atoms. The lowest BCUT2D eigenvalue weighted by Crippen LogP contribution is -2.56. The fraction of sp³-hybridized carbons (Fsp3) is 0.238. The lowest BCUT2D eigenvalue weighted by atomic mass is 9.96. The van der Waals surface area contributed by atoms with E-state index >= 15 is 0 Å². The number of hydrogen-bond acceptors (Lipinski definition) is 4. The molecule has 2 aliphatic rings. The average Bonchev–Trinajstić information content (AvgIpc) is 2.70. The van der Waals surface area contributed by atoms with Crippen LogP contribution in [-0.4, -0.2) is 43.0 Å². The molecule has 138 valence electrons. The Balaban J connectivity index is 1.60. The Hall–Kier alpha value is -3.28. The molecule has 2 aromatic rings. The number of β-lactam (4-membered cyclic amide) rings is 1. The van der Waals surface area contributed by atoms with Gasteiger partial charge in [-0.2, -0.15) is 0 Å². The number of hydrogen-bond donors (Lipinski definition) is 1. The minimum atomic E-state index is -0.679. The summed E-state index contributed by atoms with van der Waals surface area (Å²) in [6.07, 6.45) is 2.42. The van der Waals surface area contributed by atoms with Gasteiger partial charge in [0.15, 0.2) is 0 Å². The molecule has 2 heterocycles. The second-order valence-electron chi connectivity index (χ2n) is 6.50. The number of nitrogens with zero attached hydrogens (tertiary/aromatic N) is 1. The molecule has 6 heteroatoms. The van der Waals surface area contributed by atoms with Crippen LogP contribution in [0.1, 0.15) is 12.0 Å². The van der Waals surface area contributed by atoms with Crippen LogP contribution < -0.4 is 14.8 Å². The minimum Gasteiger partial charge on any atom is -0.497 e. The van der Waals surface area contributed by atoms with E-state index < -0.39 is 6.04 Å². The van der Waals surface area contributed by atoms with E-state index in [1.165, 1.54) is 0 Å². The molecule has 1 unspecified atom stereocenters. The smallest absolute Gasteiger partial charge is 0.251 e. The first-order valence-corrected chi connectivity index (χ1v) is 8.82. The highest BCUT2D eigenvalue weighted by Gasteiger charge is 2.38. The second-order valence-corrected chi connectivity index (χ2v) is 6.50. The average molecular weight is 364 g/mol. The Bertz CT molecular complexity index is 905. The number of rotatable bonds is 5. The van der Waals surface area contributed by atoms with E-state index in [0.717, 1.165) is 16.9 Å². The van der Waals surface area contributed by atoms with Gasteiger partial charge in [-0.3, -0.25) is 9.59 Å². The fourth-order valence-electron chi connectivity index (χ4n) is 3.29.